The van der Waals surface area contributed by atoms with Crippen molar-refractivity contribution in [2.24, 2.45) is 0 Å². The van der Waals surface area contributed by atoms with Gasteiger partial charge in [-0.1, -0.05) is 0 Å². The van der Waals surface area contributed by atoms with Crippen molar-refractivity contribution >= 4 is 11.8 Å². The van der Waals surface area contributed by atoms with Crippen LogP contribution in [0.4, 0.5) is 19.0 Å². The fourth-order valence-electron chi connectivity index (χ4n) is 1.49. The molecule has 1 heterocycles. The first kappa shape index (κ1) is 13.8. The number of carbonyl (C=O) groups is 1. The van der Waals surface area contributed by atoms with Crippen LogP contribution in [0.3, 0.4) is 0 Å². The summed E-state index contributed by atoms with van der Waals surface area (Å²) in [6.45, 7) is 0. The van der Waals surface area contributed by atoms with Crippen LogP contribution in [-0.2, 0) is 4.74 Å². The van der Waals surface area contributed by atoms with Crippen LogP contribution < -0.4 is 5.73 Å². The molecule has 0 saturated heterocycles. The van der Waals surface area contributed by atoms with E-state index in [1.54, 1.807) is 0 Å². The van der Waals surface area contributed by atoms with E-state index in [2.05, 4.69) is 14.7 Å². The molecule has 5 nitrogen and oxygen atoms in total. The van der Waals surface area contributed by atoms with Gasteiger partial charge in [-0.2, -0.15) is 0 Å². The number of aromatic nitrogens is 2. The summed E-state index contributed by atoms with van der Waals surface area (Å²) in [5, 5.41) is 0. The maximum Gasteiger partial charge on any atom is 0.343 e. The number of anilines is 1. The molecule has 0 atom stereocenters. The van der Waals surface area contributed by atoms with E-state index >= 15 is 0 Å². The van der Waals surface area contributed by atoms with Gasteiger partial charge in [0.15, 0.2) is 23.3 Å². The molecule has 2 aromatic rings. The van der Waals surface area contributed by atoms with Gasteiger partial charge in [-0.3, -0.25) is 0 Å². The highest BCUT2D eigenvalue weighted by Crippen LogP contribution is 2.22. The second kappa shape index (κ2) is 5.16. The van der Waals surface area contributed by atoms with Gasteiger partial charge in [-0.25, -0.2) is 27.9 Å². The highest BCUT2D eigenvalue weighted by atomic mass is 19.2. The number of hydrogen-bond acceptors (Lipinski definition) is 5. The topological polar surface area (TPSA) is 78.1 Å². The number of hydrogen-bond donors (Lipinski definition) is 1. The summed E-state index contributed by atoms with van der Waals surface area (Å²) >= 11 is 0. The maximum atomic E-state index is 13.1. The third-order valence-electron chi connectivity index (χ3n) is 2.47. The standard InChI is InChI=1S/C12H8F3N3O2/c1-20-12(19)6-4-17-11(18-10(6)16)5-2-7(13)9(15)8(14)3-5/h2-4H,1H3,(H2,16,17,18). The highest BCUT2D eigenvalue weighted by Gasteiger charge is 2.16. The molecule has 0 aliphatic heterocycles. The van der Waals surface area contributed by atoms with Crippen molar-refractivity contribution in [3.05, 3.63) is 41.3 Å². The molecule has 0 radical (unpaired) electrons. The smallest absolute Gasteiger partial charge is 0.343 e. The number of benzene rings is 1. The lowest BCUT2D eigenvalue weighted by Crippen LogP contribution is -2.09. The van der Waals surface area contributed by atoms with Gasteiger partial charge in [0.1, 0.15) is 11.4 Å². The molecule has 0 unspecified atom stereocenters. The Morgan fingerprint density at radius 2 is 1.85 bits per heavy atom. The van der Waals surface area contributed by atoms with Crippen molar-refractivity contribution in [1.29, 1.82) is 0 Å². The molecule has 0 aliphatic carbocycles. The zero-order valence-electron chi connectivity index (χ0n) is 10.2. The van der Waals surface area contributed by atoms with Crippen LogP contribution in [0, 0.1) is 17.5 Å². The summed E-state index contributed by atoms with van der Waals surface area (Å²) in [4.78, 5) is 18.8. The summed E-state index contributed by atoms with van der Waals surface area (Å²) in [5.41, 5.74) is 5.34. The zero-order chi connectivity index (χ0) is 14.9. The normalized spacial score (nSPS) is 10.4. The Labute approximate surface area is 111 Å². The molecule has 0 fully saturated rings. The van der Waals surface area contributed by atoms with Crippen molar-refractivity contribution in [3.8, 4) is 11.4 Å². The fourth-order valence-corrected chi connectivity index (χ4v) is 1.49. The molecule has 0 aliphatic rings. The molecule has 1 aromatic carbocycles. The third-order valence-corrected chi connectivity index (χ3v) is 2.47. The second-order valence-electron chi connectivity index (χ2n) is 3.74. The molecular weight excluding hydrogens is 275 g/mol. The number of esters is 1. The van der Waals surface area contributed by atoms with Crippen LogP contribution in [0.2, 0.25) is 0 Å². The lowest BCUT2D eigenvalue weighted by Gasteiger charge is -2.06. The van der Waals surface area contributed by atoms with E-state index in [9.17, 15) is 18.0 Å². The molecular formula is C12H8F3N3O2. The average molecular weight is 283 g/mol. The Morgan fingerprint density at radius 3 is 2.35 bits per heavy atom. The molecule has 2 rings (SSSR count). The molecule has 0 bridgehead atoms. The van der Waals surface area contributed by atoms with Crippen molar-refractivity contribution in [2.45, 2.75) is 0 Å². The first-order chi connectivity index (χ1) is 9.43. The Kier molecular flexibility index (Phi) is 3.55. The van der Waals surface area contributed by atoms with E-state index in [1.807, 2.05) is 0 Å². The fraction of sp³-hybridized carbons (Fsp3) is 0.0833. The predicted molar refractivity (Wildman–Crippen MR) is 63.1 cm³/mol. The largest absolute Gasteiger partial charge is 0.465 e. The van der Waals surface area contributed by atoms with Crippen molar-refractivity contribution in [1.82, 2.24) is 9.97 Å². The monoisotopic (exact) mass is 283 g/mol. The molecule has 2 N–H and O–H groups in total. The average Bonchev–Trinajstić information content (AvgIpc) is 2.43. The van der Waals surface area contributed by atoms with Crippen LogP contribution in [0.5, 0.6) is 0 Å². The summed E-state index contributed by atoms with van der Waals surface area (Å²) in [6, 6.07) is 1.45. The zero-order valence-corrected chi connectivity index (χ0v) is 10.2. The number of nitrogens with zero attached hydrogens (tertiary/aromatic N) is 2. The van der Waals surface area contributed by atoms with E-state index in [-0.39, 0.29) is 22.8 Å². The summed E-state index contributed by atoms with van der Waals surface area (Å²) in [5.74, 6) is -5.45. The summed E-state index contributed by atoms with van der Waals surface area (Å²) in [6.07, 6.45) is 1.06. The minimum Gasteiger partial charge on any atom is -0.465 e. The predicted octanol–water partition coefficient (Wildman–Crippen LogP) is 1.93. The van der Waals surface area contributed by atoms with Crippen molar-refractivity contribution in [3.63, 3.8) is 0 Å². The summed E-state index contributed by atoms with van der Waals surface area (Å²) in [7, 11) is 1.15. The number of nitrogens with two attached hydrogens (primary N) is 1. The van der Waals surface area contributed by atoms with Crippen molar-refractivity contribution < 1.29 is 22.7 Å². The Morgan fingerprint density at radius 1 is 1.25 bits per heavy atom. The molecule has 0 saturated carbocycles. The van der Waals surface area contributed by atoms with Crippen LogP contribution in [0.15, 0.2) is 18.3 Å². The molecule has 1 aromatic heterocycles. The van der Waals surface area contributed by atoms with Crippen LogP contribution in [0.25, 0.3) is 11.4 Å². The van der Waals surface area contributed by atoms with E-state index in [4.69, 9.17) is 5.73 Å². The lowest BCUT2D eigenvalue weighted by molar-refractivity contribution is 0.0601. The molecule has 0 spiro atoms. The first-order valence-electron chi connectivity index (χ1n) is 5.29. The van der Waals surface area contributed by atoms with Crippen molar-refractivity contribution in [2.75, 3.05) is 12.8 Å². The maximum absolute atomic E-state index is 13.1. The first-order valence-corrected chi connectivity index (χ1v) is 5.29. The number of nitrogen functional groups attached to an aromatic ring is 1. The molecule has 8 heteroatoms. The van der Waals surface area contributed by atoms with Gasteiger partial charge in [-0.15, -0.1) is 0 Å². The van der Waals surface area contributed by atoms with E-state index in [0.717, 1.165) is 25.4 Å². The number of methoxy groups -OCH3 is 1. The molecule has 20 heavy (non-hydrogen) atoms. The summed E-state index contributed by atoms with van der Waals surface area (Å²) < 4.78 is 43.5. The van der Waals surface area contributed by atoms with E-state index < -0.39 is 23.4 Å². The van der Waals surface area contributed by atoms with Gasteiger partial charge < -0.3 is 10.5 Å². The number of ether oxygens (including phenoxy) is 1. The molecule has 0 amide bonds. The number of rotatable bonds is 2. The van der Waals surface area contributed by atoms with Gasteiger partial charge in [0.05, 0.1) is 7.11 Å². The lowest BCUT2D eigenvalue weighted by atomic mass is 10.2. The van der Waals surface area contributed by atoms with Gasteiger partial charge in [0, 0.05) is 11.8 Å². The minimum absolute atomic E-state index is 0.0840. The van der Waals surface area contributed by atoms with E-state index in [1.165, 1.54) is 0 Å². The second-order valence-corrected chi connectivity index (χ2v) is 3.74. The third kappa shape index (κ3) is 2.40. The van der Waals surface area contributed by atoms with Gasteiger partial charge in [0.25, 0.3) is 0 Å². The minimum atomic E-state index is -1.59. The van der Waals surface area contributed by atoms with Gasteiger partial charge >= 0.3 is 5.97 Å². The Balaban J connectivity index is 2.49. The van der Waals surface area contributed by atoms with Crippen LogP contribution in [-0.4, -0.2) is 23.0 Å². The van der Waals surface area contributed by atoms with Gasteiger partial charge in [-0.05, 0) is 12.1 Å². The quantitative estimate of drug-likeness (QED) is 0.673. The van der Waals surface area contributed by atoms with Crippen LogP contribution >= 0.6 is 0 Å². The SMILES string of the molecule is COC(=O)c1cnc(-c2cc(F)c(F)c(F)c2)nc1N. The number of carbonyl (C=O) groups excluding carboxylic acids is 1. The Bertz CT molecular complexity index is 669. The Hall–Kier alpha value is -2.64. The number of halogens is 3. The molecule has 104 valence electrons. The van der Waals surface area contributed by atoms with E-state index in [0.29, 0.717) is 0 Å². The highest BCUT2D eigenvalue weighted by molar-refractivity contribution is 5.93. The van der Waals surface area contributed by atoms with Gasteiger partial charge in [0.2, 0.25) is 0 Å². The van der Waals surface area contributed by atoms with Crippen LogP contribution in [0.1, 0.15) is 10.4 Å².